The van der Waals surface area contributed by atoms with Gasteiger partial charge < -0.3 is 10.1 Å². The summed E-state index contributed by atoms with van der Waals surface area (Å²) in [6.07, 6.45) is -3.86. The summed E-state index contributed by atoms with van der Waals surface area (Å²) in [7, 11) is -4.05. The fourth-order valence-electron chi connectivity index (χ4n) is 4.12. The van der Waals surface area contributed by atoms with Crippen LogP contribution in [0.5, 0.6) is 5.75 Å². The Morgan fingerprint density at radius 2 is 1.88 bits per heavy atom. The molecule has 3 atom stereocenters. The molecule has 2 aliphatic rings. The van der Waals surface area contributed by atoms with Gasteiger partial charge in [0.2, 0.25) is 10.0 Å². The number of likely N-dealkylation sites (tertiary alicyclic amines) is 1. The zero-order valence-corrected chi connectivity index (χ0v) is 18.9. The maximum absolute atomic E-state index is 13.0. The van der Waals surface area contributed by atoms with Gasteiger partial charge in [0.15, 0.2) is 0 Å². The van der Waals surface area contributed by atoms with E-state index in [-0.39, 0.29) is 4.90 Å². The third-order valence-electron chi connectivity index (χ3n) is 5.60. The van der Waals surface area contributed by atoms with Crippen LogP contribution in [0, 0.1) is 0 Å². The first kappa shape index (κ1) is 23.6. The number of rotatable bonds is 7. The van der Waals surface area contributed by atoms with Crippen LogP contribution in [0.3, 0.4) is 0 Å². The van der Waals surface area contributed by atoms with Crippen LogP contribution < -0.4 is 14.8 Å². The van der Waals surface area contributed by atoms with E-state index >= 15 is 0 Å². The second kappa shape index (κ2) is 9.00. The van der Waals surface area contributed by atoms with E-state index in [1.54, 1.807) is 18.2 Å². The molecule has 2 saturated heterocycles. The molecule has 0 saturated carbocycles. The number of nitrogens with one attached hydrogen (secondary N) is 2. The predicted molar refractivity (Wildman–Crippen MR) is 114 cm³/mol. The van der Waals surface area contributed by atoms with Crippen LogP contribution in [-0.4, -0.2) is 51.4 Å². The van der Waals surface area contributed by atoms with Gasteiger partial charge in [0.05, 0.1) is 21.0 Å². The van der Waals surface area contributed by atoms with Gasteiger partial charge in [0.1, 0.15) is 5.75 Å². The van der Waals surface area contributed by atoms with E-state index in [4.69, 9.17) is 23.2 Å². The van der Waals surface area contributed by atoms with E-state index in [9.17, 15) is 21.6 Å². The van der Waals surface area contributed by atoms with Crippen molar-refractivity contribution in [3.8, 4) is 5.75 Å². The zero-order valence-electron chi connectivity index (χ0n) is 16.6. The lowest BCUT2D eigenvalue weighted by molar-refractivity contribution is -0.274. The van der Waals surface area contributed by atoms with E-state index in [0.29, 0.717) is 34.2 Å². The Morgan fingerprint density at radius 1 is 1.16 bits per heavy atom. The van der Waals surface area contributed by atoms with Crippen molar-refractivity contribution in [3.05, 3.63) is 58.1 Å². The molecule has 0 aliphatic carbocycles. The number of benzene rings is 2. The number of hydrogen-bond donors (Lipinski definition) is 2. The molecule has 2 bridgehead atoms. The van der Waals surface area contributed by atoms with Crippen LogP contribution >= 0.6 is 23.2 Å². The quantitative estimate of drug-likeness (QED) is 0.591. The van der Waals surface area contributed by atoms with Crippen LogP contribution in [0.15, 0.2) is 47.4 Å². The topological polar surface area (TPSA) is 70.7 Å². The Kier molecular flexibility index (Phi) is 6.63. The van der Waals surface area contributed by atoms with Gasteiger partial charge in [-0.15, -0.1) is 13.2 Å². The first-order valence-electron chi connectivity index (χ1n) is 9.81. The highest BCUT2D eigenvalue weighted by Crippen LogP contribution is 2.31. The number of nitrogens with zero attached hydrogens (tertiary/aromatic N) is 1. The Hall–Kier alpha value is -1.56. The van der Waals surface area contributed by atoms with Gasteiger partial charge in [0, 0.05) is 31.7 Å². The molecule has 2 aromatic carbocycles. The van der Waals surface area contributed by atoms with Crippen LogP contribution in [0.1, 0.15) is 18.0 Å². The van der Waals surface area contributed by atoms with E-state index < -0.39 is 28.2 Å². The fraction of sp³-hybridized carbons (Fsp3) is 0.400. The van der Waals surface area contributed by atoms with Crippen molar-refractivity contribution >= 4 is 33.2 Å². The standard InChI is InChI=1S/C20H20Cl2F3N3O3S/c21-17-6-1-12(7-18(17)22)19(11-28-10-13-8-14(28)9-26-13)27-32(29,30)16-4-2-15(3-5-16)31-20(23,24)25/h1-7,13-14,19,26-27H,8-11H2/t13-,14-,19+/m0/s1. The second-order valence-electron chi connectivity index (χ2n) is 7.82. The van der Waals surface area contributed by atoms with Crippen molar-refractivity contribution in [2.75, 3.05) is 19.6 Å². The number of ether oxygens (including phenoxy) is 1. The summed E-state index contributed by atoms with van der Waals surface area (Å²) in [4.78, 5) is 2.04. The number of piperazine rings is 1. The van der Waals surface area contributed by atoms with Gasteiger partial charge in [-0.05, 0) is 48.4 Å². The van der Waals surface area contributed by atoms with Crippen molar-refractivity contribution in [2.45, 2.75) is 35.8 Å². The highest BCUT2D eigenvalue weighted by molar-refractivity contribution is 7.89. The zero-order chi connectivity index (χ0) is 23.1. The normalized spacial score (nSPS) is 22.3. The molecule has 0 aromatic heterocycles. The third kappa shape index (κ3) is 5.49. The number of alkyl halides is 3. The Balaban J connectivity index is 1.57. The average Bonchev–Trinajstić information content (AvgIpc) is 3.32. The second-order valence-corrected chi connectivity index (χ2v) is 10.3. The molecule has 0 spiro atoms. The summed E-state index contributed by atoms with van der Waals surface area (Å²) in [6, 6.07) is 9.03. The highest BCUT2D eigenvalue weighted by Gasteiger charge is 2.39. The molecule has 2 aliphatic heterocycles. The fourth-order valence-corrected chi connectivity index (χ4v) is 5.64. The van der Waals surface area contributed by atoms with E-state index in [1.165, 1.54) is 0 Å². The average molecular weight is 510 g/mol. The van der Waals surface area contributed by atoms with Crippen LogP contribution in [-0.2, 0) is 10.0 Å². The van der Waals surface area contributed by atoms with Gasteiger partial charge in [0.25, 0.3) is 0 Å². The number of hydrogen-bond acceptors (Lipinski definition) is 5. The number of halogens is 5. The van der Waals surface area contributed by atoms with Crippen molar-refractivity contribution in [3.63, 3.8) is 0 Å². The first-order chi connectivity index (χ1) is 15.0. The molecule has 2 heterocycles. The molecule has 0 radical (unpaired) electrons. The van der Waals surface area contributed by atoms with Crippen LogP contribution in [0.2, 0.25) is 10.0 Å². The number of sulfonamides is 1. The van der Waals surface area contributed by atoms with E-state index in [1.807, 2.05) is 0 Å². The monoisotopic (exact) mass is 509 g/mol. The summed E-state index contributed by atoms with van der Waals surface area (Å²) in [5.74, 6) is -0.502. The van der Waals surface area contributed by atoms with Crippen molar-refractivity contribution in [2.24, 2.45) is 0 Å². The molecule has 2 N–H and O–H groups in total. The molecule has 6 nitrogen and oxygen atoms in total. The SMILES string of the molecule is O=S(=O)(N[C@H](CN1C[C@@H]2C[C@H]1CN2)c1ccc(Cl)c(Cl)c1)c1ccc(OC(F)(F)F)cc1. The minimum absolute atomic E-state index is 0.179. The van der Waals surface area contributed by atoms with Crippen molar-refractivity contribution in [1.82, 2.24) is 14.9 Å². The highest BCUT2D eigenvalue weighted by atomic mass is 35.5. The molecule has 2 fully saturated rings. The Bertz CT molecular complexity index is 1080. The molecule has 4 rings (SSSR count). The lowest BCUT2D eigenvalue weighted by Gasteiger charge is -2.31. The van der Waals surface area contributed by atoms with Crippen LogP contribution in [0.25, 0.3) is 0 Å². The third-order valence-corrected chi connectivity index (χ3v) is 7.82. The minimum Gasteiger partial charge on any atom is -0.406 e. The smallest absolute Gasteiger partial charge is 0.406 e. The first-order valence-corrected chi connectivity index (χ1v) is 12.0. The molecular formula is C20H20Cl2F3N3O3S. The molecule has 2 aromatic rings. The lowest BCUT2D eigenvalue weighted by Crippen LogP contribution is -2.47. The Labute approximate surface area is 193 Å². The van der Waals surface area contributed by atoms with Gasteiger partial charge in [-0.2, -0.15) is 0 Å². The van der Waals surface area contributed by atoms with Gasteiger partial charge >= 0.3 is 6.36 Å². The summed E-state index contributed by atoms with van der Waals surface area (Å²) in [5, 5.41) is 4.05. The molecular weight excluding hydrogens is 490 g/mol. The van der Waals surface area contributed by atoms with Crippen molar-refractivity contribution < 1.29 is 26.3 Å². The minimum atomic E-state index is -4.86. The van der Waals surface area contributed by atoms with Crippen molar-refractivity contribution in [1.29, 1.82) is 0 Å². The molecule has 174 valence electrons. The van der Waals surface area contributed by atoms with E-state index in [0.717, 1.165) is 43.8 Å². The number of fused-ring (bicyclic) bond motifs is 2. The Morgan fingerprint density at radius 3 is 2.44 bits per heavy atom. The molecule has 32 heavy (non-hydrogen) atoms. The summed E-state index contributed by atoms with van der Waals surface area (Å²) < 4.78 is 69.7. The molecule has 0 unspecified atom stereocenters. The van der Waals surface area contributed by atoms with Gasteiger partial charge in [-0.1, -0.05) is 29.3 Å². The maximum Gasteiger partial charge on any atom is 0.573 e. The lowest BCUT2D eigenvalue weighted by atomic mass is 10.1. The summed E-state index contributed by atoms with van der Waals surface area (Å²) in [6.45, 7) is 2.05. The van der Waals surface area contributed by atoms with Gasteiger partial charge in [-0.3, -0.25) is 4.90 Å². The predicted octanol–water partition coefficient (Wildman–Crippen LogP) is 3.96. The molecule has 12 heteroatoms. The summed E-state index contributed by atoms with van der Waals surface area (Å²) in [5.41, 5.74) is 0.635. The van der Waals surface area contributed by atoms with E-state index in [2.05, 4.69) is 19.7 Å². The van der Waals surface area contributed by atoms with Gasteiger partial charge in [-0.25, -0.2) is 13.1 Å². The molecule has 0 amide bonds. The summed E-state index contributed by atoms with van der Waals surface area (Å²) >= 11 is 12.2. The maximum atomic E-state index is 13.0. The largest absolute Gasteiger partial charge is 0.573 e. The van der Waals surface area contributed by atoms with Crippen LogP contribution in [0.4, 0.5) is 13.2 Å².